The van der Waals surface area contributed by atoms with Crippen molar-refractivity contribution in [1.29, 1.82) is 0 Å². The van der Waals surface area contributed by atoms with Gasteiger partial charge in [0.05, 0.1) is 17.7 Å². The third kappa shape index (κ3) is 4.42. The molecule has 1 aromatic heterocycles. The molecule has 3 aromatic rings. The summed E-state index contributed by atoms with van der Waals surface area (Å²) in [5.41, 5.74) is -0.615. The lowest BCUT2D eigenvalue weighted by molar-refractivity contribution is -0.141. The number of sulfone groups is 1. The number of rotatable bonds is 5. The van der Waals surface area contributed by atoms with Crippen molar-refractivity contribution in [2.45, 2.75) is 17.5 Å². The summed E-state index contributed by atoms with van der Waals surface area (Å²) in [5.74, 6) is -0.713. The van der Waals surface area contributed by atoms with Crippen LogP contribution >= 0.6 is 0 Å². The quantitative estimate of drug-likeness (QED) is 0.617. The Labute approximate surface area is 164 Å². The van der Waals surface area contributed by atoms with Gasteiger partial charge in [-0.05, 0) is 29.8 Å². The second-order valence-electron chi connectivity index (χ2n) is 6.37. The Bertz CT molecular complexity index is 1140. The molecule has 0 saturated heterocycles. The number of hydrogen-bond donors (Lipinski definition) is 1. The highest BCUT2D eigenvalue weighted by molar-refractivity contribution is 7.90. The van der Waals surface area contributed by atoms with Gasteiger partial charge in [-0.1, -0.05) is 18.2 Å². The topological polar surface area (TPSA) is 72.1 Å². The number of alkyl halides is 3. The van der Waals surface area contributed by atoms with Gasteiger partial charge in [0, 0.05) is 23.8 Å². The molecule has 29 heavy (non-hydrogen) atoms. The van der Waals surface area contributed by atoms with Crippen LogP contribution in [0.25, 0.3) is 11.3 Å². The first kappa shape index (κ1) is 20.8. The number of methoxy groups -OCH3 is 1. The highest BCUT2D eigenvalue weighted by Gasteiger charge is 2.37. The van der Waals surface area contributed by atoms with Gasteiger partial charge in [0.15, 0.2) is 21.4 Å². The lowest BCUT2D eigenvalue weighted by atomic mass is 9.98. The van der Waals surface area contributed by atoms with E-state index in [-0.39, 0.29) is 28.3 Å². The number of halogens is 4. The van der Waals surface area contributed by atoms with Crippen LogP contribution in [0.4, 0.5) is 17.6 Å². The van der Waals surface area contributed by atoms with E-state index in [0.717, 1.165) is 12.3 Å². The summed E-state index contributed by atoms with van der Waals surface area (Å²) in [5, 5.41) is 5.79. The van der Waals surface area contributed by atoms with Crippen LogP contribution in [0.2, 0.25) is 0 Å². The Kier molecular flexibility index (Phi) is 5.40. The van der Waals surface area contributed by atoms with Gasteiger partial charge in [0.1, 0.15) is 5.69 Å². The highest BCUT2D eigenvalue weighted by atomic mass is 32.2. The van der Waals surface area contributed by atoms with E-state index in [1.54, 1.807) is 0 Å². The number of benzene rings is 2. The van der Waals surface area contributed by atoms with Crippen LogP contribution in [0.5, 0.6) is 5.75 Å². The van der Waals surface area contributed by atoms with Crippen LogP contribution in [0, 0.1) is 5.82 Å². The van der Waals surface area contributed by atoms with Gasteiger partial charge in [0.2, 0.25) is 0 Å². The fourth-order valence-corrected chi connectivity index (χ4v) is 3.52. The third-order valence-corrected chi connectivity index (χ3v) is 5.43. The standard InChI is InChI=1S/C19H16F4N2O3S/c1-28-16-8-3-11(10-15(16)20)9-14-17(24-25-18(14)19(21,22)23)12-4-6-13(7-5-12)29(2,26)27/h3-8,10H,9H2,1-2H3,(H,24,25). The first-order chi connectivity index (χ1) is 13.5. The van der Waals surface area contributed by atoms with E-state index < -0.39 is 27.5 Å². The maximum Gasteiger partial charge on any atom is 0.433 e. The molecule has 0 aliphatic heterocycles. The molecule has 0 amide bonds. The molecule has 0 atom stereocenters. The lowest BCUT2D eigenvalue weighted by Crippen LogP contribution is -2.09. The molecule has 0 unspecified atom stereocenters. The molecule has 0 radical (unpaired) electrons. The predicted octanol–water partition coefficient (Wildman–Crippen LogP) is 4.24. The minimum Gasteiger partial charge on any atom is -0.494 e. The summed E-state index contributed by atoms with van der Waals surface area (Å²) in [6.07, 6.45) is -3.91. The van der Waals surface area contributed by atoms with Crippen molar-refractivity contribution in [3.8, 4) is 17.0 Å². The number of hydrogen-bond acceptors (Lipinski definition) is 4. The van der Waals surface area contributed by atoms with Gasteiger partial charge in [0.25, 0.3) is 0 Å². The number of aromatic amines is 1. The third-order valence-electron chi connectivity index (χ3n) is 4.30. The summed E-state index contributed by atoms with van der Waals surface area (Å²) in [6, 6.07) is 9.25. The molecule has 2 aromatic carbocycles. The molecule has 0 aliphatic rings. The Morgan fingerprint density at radius 1 is 1.10 bits per heavy atom. The molecular formula is C19H16F4N2O3S. The molecule has 0 aliphatic carbocycles. The van der Waals surface area contributed by atoms with E-state index in [1.807, 2.05) is 5.10 Å². The number of nitrogens with zero attached hydrogens (tertiary/aromatic N) is 1. The van der Waals surface area contributed by atoms with Crippen molar-refractivity contribution >= 4 is 9.84 Å². The molecule has 5 nitrogen and oxygen atoms in total. The van der Waals surface area contributed by atoms with Gasteiger partial charge in [-0.2, -0.15) is 18.3 Å². The molecule has 3 rings (SSSR count). The Balaban J connectivity index is 2.07. The SMILES string of the molecule is COc1ccc(Cc2c(-c3ccc(S(C)(=O)=O)cc3)n[nH]c2C(F)(F)F)cc1F. The molecule has 0 bridgehead atoms. The minimum atomic E-state index is -4.70. The number of H-pyrrole nitrogens is 1. The first-order valence-corrected chi connectivity index (χ1v) is 10.2. The van der Waals surface area contributed by atoms with Crippen molar-refractivity contribution < 1.29 is 30.7 Å². The van der Waals surface area contributed by atoms with Crippen molar-refractivity contribution in [2.75, 3.05) is 13.4 Å². The normalized spacial score (nSPS) is 12.2. The van der Waals surface area contributed by atoms with Crippen LogP contribution in [-0.2, 0) is 22.4 Å². The summed E-state index contributed by atoms with van der Waals surface area (Å²) < 4.78 is 82.3. The predicted molar refractivity (Wildman–Crippen MR) is 97.9 cm³/mol. The summed E-state index contributed by atoms with van der Waals surface area (Å²) in [4.78, 5) is 0.0339. The number of nitrogens with one attached hydrogen (secondary N) is 1. The zero-order valence-corrected chi connectivity index (χ0v) is 16.2. The molecule has 154 valence electrons. The van der Waals surface area contributed by atoms with Crippen LogP contribution in [0.1, 0.15) is 16.8 Å². The van der Waals surface area contributed by atoms with Crippen molar-refractivity contribution in [2.24, 2.45) is 0 Å². The Hall–Kier alpha value is -2.88. The van der Waals surface area contributed by atoms with Gasteiger partial charge in [-0.15, -0.1) is 0 Å². The van der Waals surface area contributed by atoms with Crippen molar-refractivity contribution in [1.82, 2.24) is 10.2 Å². The van der Waals surface area contributed by atoms with Crippen molar-refractivity contribution in [3.63, 3.8) is 0 Å². The number of aromatic nitrogens is 2. The largest absolute Gasteiger partial charge is 0.494 e. The minimum absolute atomic E-state index is 0.00797. The van der Waals surface area contributed by atoms with Gasteiger partial charge < -0.3 is 4.74 Å². The van der Waals surface area contributed by atoms with Gasteiger partial charge >= 0.3 is 6.18 Å². The molecule has 0 saturated carbocycles. The van der Waals surface area contributed by atoms with E-state index in [1.165, 1.54) is 43.5 Å². The van der Waals surface area contributed by atoms with Crippen LogP contribution < -0.4 is 4.74 Å². The summed E-state index contributed by atoms with van der Waals surface area (Å²) in [6.45, 7) is 0. The summed E-state index contributed by atoms with van der Waals surface area (Å²) in [7, 11) is -2.17. The molecule has 10 heteroatoms. The maximum absolute atomic E-state index is 14.0. The van der Waals surface area contributed by atoms with Gasteiger partial charge in [-0.25, -0.2) is 12.8 Å². The fraction of sp³-hybridized carbons (Fsp3) is 0.211. The average Bonchev–Trinajstić information content (AvgIpc) is 3.05. The van der Waals surface area contributed by atoms with Crippen LogP contribution in [-0.4, -0.2) is 32.0 Å². The molecule has 0 fully saturated rings. The maximum atomic E-state index is 14.0. The lowest BCUT2D eigenvalue weighted by Gasteiger charge is -2.10. The zero-order chi connectivity index (χ0) is 21.4. The van der Waals surface area contributed by atoms with Gasteiger partial charge in [-0.3, -0.25) is 5.10 Å². The number of ether oxygens (including phenoxy) is 1. The van der Waals surface area contributed by atoms with E-state index in [2.05, 4.69) is 5.10 Å². The molecular weight excluding hydrogens is 412 g/mol. The molecule has 1 N–H and O–H groups in total. The van der Waals surface area contributed by atoms with E-state index >= 15 is 0 Å². The zero-order valence-electron chi connectivity index (χ0n) is 15.3. The monoisotopic (exact) mass is 428 g/mol. The highest BCUT2D eigenvalue weighted by Crippen LogP contribution is 2.36. The summed E-state index contributed by atoms with van der Waals surface area (Å²) >= 11 is 0. The molecule has 0 spiro atoms. The Morgan fingerprint density at radius 2 is 1.76 bits per heavy atom. The molecule has 1 heterocycles. The smallest absolute Gasteiger partial charge is 0.433 e. The van der Waals surface area contributed by atoms with E-state index in [9.17, 15) is 26.0 Å². The fourth-order valence-electron chi connectivity index (χ4n) is 2.89. The Morgan fingerprint density at radius 3 is 2.28 bits per heavy atom. The van der Waals surface area contributed by atoms with Crippen molar-refractivity contribution in [3.05, 3.63) is 65.1 Å². The van der Waals surface area contributed by atoms with Crippen LogP contribution in [0.3, 0.4) is 0 Å². The second-order valence-corrected chi connectivity index (χ2v) is 8.38. The first-order valence-electron chi connectivity index (χ1n) is 8.28. The van der Waals surface area contributed by atoms with E-state index in [0.29, 0.717) is 11.1 Å². The average molecular weight is 428 g/mol. The van der Waals surface area contributed by atoms with Crippen LogP contribution in [0.15, 0.2) is 47.4 Å². The van der Waals surface area contributed by atoms with E-state index in [4.69, 9.17) is 4.74 Å². The second kappa shape index (κ2) is 7.51.